The van der Waals surface area contributed by atoms with Crippen LogP contribution in [-0.4, -0.2) is 21.5 Å². The first-order valence-electron chi connectivity index (χ1n) is 4.31. The normalized spacial score (nSPS) is 10.9. The van der Waals surface area contributed by atoms with Crippen LogP contribution in [0.2, 0.25) is 0 Å². The van der Waals surface area contributed by atoms with Gasteiger partial charge in [-0.05, 0) is 31.5 Å². The number of nitrogens with one attached hydrogen (secondary N) is 1. The zero-order valence-electron chi connectivity index (χ0n) is 7.54. The van der Waals surface area contributed by atoms with Crippen molar-refractivity contribution in [2.24, 2.45) is 5.73 Å². The Kier molecular flexibility index (Phi) is 1.98. The Morgan fingerprint density at radius 2 is 2.38 bits per heavy atom. The Morgan fingerprint density at radius 1 is 1.54 bits per heavy atom. The molecule has 0 radical (unpaired) electrons. The molecule has 2 aromatic rings. The van der Waals surface area contributed by atoms with E-state index in [1.54, 1.807) is 6.20 Å². The van der Waals surface area contributed by atoms with E-state index in [9.17, 15) is 0 Å². The van der Waals surface area contributed by atoms with Crippen molar-refractivity contribution in [2.45, 2.75) is 13.3 Å². The fourth-order valence-corrected chi connectivity index (χ4v) is 1.44. The van der Waals surface area contributed by atoms with Crippen LogP contribution in [0.15, 0.2) is 12.3 Å². The van der Waals surface area contributed by atoms with E-state index >= 15 is 0 Å². The number of pyridine rings is 1. The average molecular weight is 176 g/mol. The number of hydrogen-bond acceptors (Lipinski definition) is 3. The van der Waals surface area contributed by atoms with E-state index in [4.69, 9.17) is 5.73 Å². The number of aromatic amines is 1. The minimum absolute atomic E-state index is 0.650. The third-order valence-electron chi connectivity index (χ3n) is 2.01. The minimum atomic E-state index is 0.650. The number of imidazole rings is 1. The van der Waals surface area contributed by atoms with E-state index in [0.29, 0.717) is 6.54 Å². The van der Waals surface area contributed by atoms with Gasteiger partial charge in [-0.25, -0.2) is 9.97 Å². The van der Waals surface area contributed by atoms with Crippen LogP contribution in [0.1, 0.15) is 11.4 Å². The van der Waals surface area contributed by atoms with Gasteiger partial charge in [0.1, 0.15) is 5.82 Å². The highest BCUT2D eigenvalue weighted by atomic mass is 15.0. The molecule has 0 saturated heterocycles. The summed E-state index contributed by atoms with van der Waals surface area (Å²) in [5.41, 5.74) is 8.49. The fraction of sp³-hybridized carbons (Fsp3) is 0.333. The summed E-state index contributed by atoms with van der Waals surface area (Å²) in [5.74, 6) is 0.895. The van der Waals surface area contributed by atoms with Crippen molar-refractivity contribution in [3.05, 3.63) is 23.7 Å². The van der Waals surface area contributed by atoms with Crippen molar-refractivity contribution < 1.29 is 0 Å². The van der Waals surface area contributed by atoms with Gasteiger partial charge in [-0.3, -0.25) is 0 Å². The molecule has 0 aromatic carbocycles. The van der Waals surface area contributed by atoms with Crippen molar-refractivity contribution in [1.29, 1.82) is 0 Å². The molecule has 4 nitrogen and oxygen atoms in total. The summed E-state index contributed by atoms with van der Waals surface area (Å²) in [6.07, 6.45) is 2.63. The Hall–Kier alpha value is -1.42. The van der Waals surface area contributed by atoms with Crippen LogP contribution in [0.5, 0.6) is 0 Å². The van der Waals surface area contributed by atoms with Gasteiger partial charge in [-0.2, -0.15) is 0 Å². The van der Waals surface area contributed by atoms with E-state index < -0.39 is 0 Å². The van der Waals surface area contributed by atoms with E-state index in [2.05, 4.69) is 15.0 Å². The summed E-state index contributed by atoms with van der Waals surface area (Å²) in [5, 5.41) is 0. The molecule has 0 unspecified atom stereocenters. The number of aromatic nitrogens is 3. The van der Waals surface area contributed by atoms with Gasteiger partial charge in [0.25, 0.3) is 0 Å². The van der Waals surface area contributed by atoms with Crippen LogP contribution in [-0.2, 0) is 6.42 Å². The molecule has 2 heterocycles. The predicted octanol–water partition coefficient (Wildman–Crippen LogP) is 0.768. The molecule has 2 rings (SSSR count). The lowest BCUT2D eigenvalue weighted by Crippen LogP contribution is -2.03. The molecule has 0 atom stereocenters. The average Bonchev–Trinajstić information content (AvgIpc) is 2.47. The van der Waals surface area contributed by atoms with Gasteiger partial charge >= 0.3 is 0 Å². The second-order valence-corrected chi connectivity index (χ2v) is 3.03. The lowest BCUT2D eigenvalue weighted by atomic mass is 10.2. The molecule has 0 amide bonds. The minimum Gasteiger partial charge on any atom is -0.341 e. The molecule has 0 bridgehead atoms. The zero-order chi connectivity index (χ0) is 9.26. The largest absolute Gasteiger partial charge is 0.341 e. The highest BCUT2D eigenvalue weighted by Crippen LogP contribution is 2.13. The van der Waals surface area contributed by atoms with Crippen molar-refractivity contribution in [2.75, 3.05) is 6.54 Å². The Balaban J connectivity index is 2.60. The number of hydrogen-bond donors (Lipinski definition) is 2. The molecule has 68 valence electrons. The molecule has 4 heteroatoms. The quantitative estimate of drug-likeness (QED) is 0.710. The lowest BCUT2D eigenvalue weighted by molar-refractivity contribution is 0.971. The van der Waals surface area contributed by atoms with Crippen LogP contribution >= 0.6 is 0 Å². The van der Waals surface area contributed by atoms with E-state index in [-0.39, 0.29) is 0 Å². The number of aryl methyl sites for hydroxylation is 1. The van der Waals surface area contributed by atoms with Gasteiger partial charge in [0.2, 0.25) is 0 Å². The summed E-state index contributed by atoms with van der Waals surface area (Å²) in [4.78, 5) is 11.6. The number of fused-ring (bicyclic) bond motifs is 1. The number of nitrogens with two attached hydrogens (primary N) is 1. The van der Waals surface area contributed by atoms with E-state index in [0.717, 1.165) is 23.4 Å². The van der Waals surface area contributed by atoms with Gasteiger partial charge in [0.05, 0.1) is 5.52 Å². The first kappa shape index (κ1) is 8.19. The summed E-state index contributed by atoms with van der Waals surface area (Å²) in [7, 11) is 0. The van der Waals surface area contributed by atoms with Crippen molar-refractivity contribution >= 4 is 11.2 Å². The van der Waals surface area contributed by atoms with E-state index in [1.165, 1.54) is 5.56 Å². The van der Waals surface area contributed by atoms with Crippen LogP contribution in [0.4, 0.5) is 0 Å². The van der Waals surface area contributed by atoms with Crippen molar-refractivity contribution in [3.63, 3.8) is 0 Å². The molecule has 0 aliphatic heterocycles. The Labute approximate surface area is 76.2 Å². The molecule has 13 heavy (non-hydrogen) atoms. The van der Waals surface area contributed by atoms with Gasteiger partial charge in [-0.15, -0.1) is 0 Å². The van der Waals surface area contributed by atoms with Gasteiger partial charge < -0.3 is 10.7 Å². The molecule has 2 aromatic heterocycles. The Morgan fingerprint density at radius 3 is 3.15 bits per heavy atom. The highest BCUT2D eigenvalue weighted by Gasteiger charge is 2.04. The SMILES string of the molecule is Cc1nc2nccc(CCN)c2[nH]1. The summed E-state index contributed by atoms with van der Waals surface area (Å²) >= 11 is 0. The maximum Gasteiger partial charge on any atom is 0.177 e. The number of nitrogens with zero attached hydrogens (tertiary/aromatic N) is 2. The summed E-state index contributed by atoms with van der Waals surface area (Å²) in [6.45, 7) is 2.57. The summed E-state index contributed by atoms with van der Waals surface area (Å²) in [6, 6.07) is 1.98. The van der Waals surface area contributed by atoms with Gasteiger partial charge in [0.15, 0.2) is 5.65 Å². The van der Waals surface area contributed by atoms with Crippen molar-refractivity contribution in [1.82, 2.24) is 15.0 Å². The zero-order valence-corrected chi connectivity index (χ0v) is 7.54. The fourth-order valence-electron chi connectivity index (χ4n) is 1.44. The predicted molar refractivity (Wildman–Crippen MR) is 51.4 cm³/mol. The Bertz CT molecular complexity index is 418. The van der Waals surface area contributed by atoms with Crippen LogP contribution in [0.25, 0.3) is 11.2 Å². The molecule has 3 N–H and O–H groups in total. The maximum absolute atomic E-state index is 5.50. The van der Waals surface area contributed by atoms with Gasteiger partial charge in [0, 0.05) is 6.20 Å². The first-order valence-corrected chi connectivity index (χ1v) is 4.31. The topological polar surface area (TPSA) is 67.6 Å². The molecule has 0 aliphatic rings. The molecular weight excluding hydrogens is 164 g/mol. The number of H-pyrrole nitrogens is 1. The van der Waals surface area contributed by atoms with Crippen LogP contribution in [0.3, 0.4) is 0 Å². The molecule has 0 aliphatic carbocycles. The van der Waals surface area contributed by atoms with Crippen LogP contribution < -0.4 is 5.73 Å². The number of rotatable bonds is 2. The maximum atomic E-state index is 5.50. The van der Waals surface area contributed by atoms with Gasteiger partial charge in [-0.1, -0.05) is 0 Å². The molecule has 0 saturated carbocycles. The smallest absolute Gasteiger partial charge is 0.177 e. The van der Waals surface area contributed by atoms with Crippen LogP contribution in [0, 0.1) is 6.92 Å². The highest BCUT2D eigenvalue weighted by molar-refractivity contribution is 5.74. The third kappa shape index (κ3) is 1.40. The first-order chi connectivity index (χ1) is 6.31. The second-order valence-electron chi connectivity index (χ2n) is 3.03. The standard InChI is InChI=1S/C9H12N4/c1-6-12-8-7(2-4-10)3-5-11-9(8)13-6/h3,5H,2,4,10H2,1H3,(H,11,12,13). The lowest BCUT2D eigenvalue weighted by Gasteiger charge is -1.97. The van der Waals surface area contributed by atoms with Crippen molar-refractivity contribution in [3.8, 4) is 0 Å². The monoisotopic (exact) mass is 176 g/mol. The third-order valence-corrected chi connectivity index (χ3v) is 2.01. The molecule has 0 spiro atoms. The second kappa shape index (κ2) is 3.14. The summed E-state index contributed by atoms with van der Waals surface area (Å²) < 4.78 is 0. The molecule has 0 fully saturated rings. The van der Waals surface area contributed by atoms with E-state index in [1.807, 2.05) is 13.0 Å². The molecular formula is C9H12N4.